The molecular formula is C23H21ClN4O2. The van der Waals surface area contributed by atoms with Gasteiger partial charge in [0.05, 0.1) is 6.04 Å². The van der Waals surface area contributed by atoms with Crippen LogP contribution in [0.1, 0.15) is 29.0 Å². The number of ether oxygens (including phenoxy) is 1. The quantitative estimate of drug-likeness (QED) is 0.464. The summed E-state index contributed by atoms with van der Waals surface area (Å²) in [4.78, 5) is 12.8. The minimum absolute atomic E-state index is 0.120. The van der Waals surface area contributed by atoms with Crippen LogP contribution in [-0.4, -0.2) is 20.3 Å². The van der Waals surface area contributed by atoms with Crippen molar-refractivity contribution in [1.29, 1.82) is 0 Å². The molecule has 2 aromatic heterocycles. The fraction of sp³-hybridized carbons (Fsp3) is 0.130. The maximum Gasteiger partial charge on any atom is 0.270 e. The lowest BCUT2D eigenvalue weighted by Crippen LogP contribution is -2.29. The van der Waals surface area contributed by atoms with Crippen LogP contribution >= 0.6 is 11.6 Å². The molecule has 0 aliphatic carbocycles. The van der Waals surface area contributed by atoms with E-state index in [9.17, 15) is 4.79 Å². The number of halogens is 1. The van der Waals surface area contributed by atoms with Crippen molar-refractivity contribution in [3.8, 4) is 11.4 Å². The van der Waals surface area contributed by atoms with E-state index in [-0.39, 0.29) is 18.7 Å². The van der Waals surface area contributed by atoms with E-state index in [2.05, 4.69) is 16.5 Å². The third-order valence-electron chi connectivity index (χ3n) is 4.74. The molecule has 0 saturated heterocycles. The lowest BCUT2D eigenvalue weighted by molar-refractivity contribution is 0.0918. The first-order chi connectivity index (χ1) is 14.6. The molecule has 30 heavy (non-hydrogen) atoms. The van der Waals surface area contributed by atoms with E-state index in [1.165, 1.54) is 4.68 Å². The Labute approximate surface area is 179 Å². The monoisotopic (exact) mass is 420 g/mol. The van der Waals surface area contributed by atoms with Crippen LogP contribution in [0.3, 0.4) is 0 Å². The van der Waals surface area contributed by atoms with Crippen LogP contribution in [0.2, 0.25) is 5.02 Å². The van der Waals surface area contributed by atoms with Gasteiger partial charge in [0.15, 0.2) is 6.73 Å². The van der Waals surface area contributed by atoms with Gasteiger partial charge in [-0.3, -0.25) is 4.79 Å². The summed E-state index contributed by atoms with van der Waals surface area (Å²) in [5, 5.41) is 7.87. The summed E-state index contributed by atoms with van der Waals surface area (Å²) in [6, 6.07) is 20.6. The average molecular weight is 421 g/mol. The lowest BCUT2D eigenvalue weighted by atomic mass is 10.1. The zero-order valence-corrected chi connectivity index (χ0v) is 17.2. The molecule has 1 amide bonds. The zero-order valence-electron chi connectivity index (χ0n) is 16.4. The number of amides is 1. The van der Waals surface area contributed by atoms with Gasteiger partial charge in [0.2, 0.25) is 0 Å². The van der Waals surface area contributed by atoms with Crippen LogP contribution in [0, 0.1) is 0 Å². The molecule has 7 heteroatoms. The Kier molecular flexibility index (Phi) is 5.86. The number of aromatic nitrogens is 3. The summed E-state index contributed by atoms with van der Waals surface area (Å²) in [6.07, 6.45) is 5.56. The topological polar surface area (TPSA) is 61.1 Å². The standard InChI is InChI=1S/C23H21ClN4O2/c1-17(18-5-4-6-20(15-18)27-13-2-3-14-27)26-23(29)22-11-12-25-28(22)16-30-21-9-7-19(24)8-10-21/h2-15,17H,16H2,1H3,(H,26,29). The van der Waals surface area contributed by atoms with Crippen molar-refractivity contribution in [3.63, 3.8) is 0 Å². The van der Waals surface area contributed by atoms with Crippen molar-refractivity contribution >= 4 is 17.5 Å². The SMILES string of the molecule is CC(NC(=O)c1ccnn1COc1ccc(Cl)cc1)c1cccc(-n2cccc2)c1. The summed E-state index contributed by atoms with van der Waals surface area (Å²) in [6.45, 7) is 2.08. The number of hydrogen-bond acceptors (Lipinski definition) is 3. The molecule has 0 aliphatic heterocycles. The molecule has 0 aliphatic rings. The van der Waals surface area contributed by atoms with Gasteiger partial charge in [-0.2, -0.15) is 5.10 Å². The maximum atomic E-state index is 12.8. The van der Waals surface area contributed by atoms with Crippen molar-refractivity contribution in [3.05, 3.63) is 102 Å². The van der Waals surface area contributed by atoms with Gasteiger partial charge in [0.25, 0.3) is 5.91 Å². The van der Waals surface area contributed by atoms with Crippen molar-refractivity contribution in [2.75, 3.05) is 0 Å². The van der Waals surface area contributed by atoms with Gasteiger partial charge < -0.3 is 14.6 Å². The van der Waals surface area contributed by atoms with Gasteiger partial charge in [-0.1, -0.05) is 23.7 Å². The molecule has 0 fully saturated rings. The van der Waals surface area contributed by atoms with Gasteiger partial charge in [-0.15, -0.1) is 0 Å². The van der Waals surface area contributed by atoms with Crippen molar-refractivity contribution in [2.24, 2.45) is 0 Å². The molecule has 4 aromatic rings. The first kappa shape index (κ1) is 19.8. The minimum Gasteiger partial charge on any atom is -0.471 e. The number of carbonyl (C=O) groups is 1. The van der Waals surface area contributed by atoms with E-state index >= 15 is 0 Å². The normalized spacial score (nSPS) is 11.8. The second kappa shape index (κ2) is 8.88. The summed E-state index contributed by atoms with van der Waals surface area (Å²) in [5.74, 6) is 0.433. The van der Waals surface area contributed by atoms with Crippen LogP contribution in [0.15, 0.2) is 85.3 Å². The van der Waals surface area contributed by atoms with Crippen molar-refractivity contribution < 1.29 is 9.53 Å². The number of nitrogens with one attached hydrogen (secondary N) is 1. The first-order valence-electron chi connectivity index (χ1n) is 9.54. The van der Waals surface area contributed by atoms with E-state index in [1.807, 2.05) is 54.2 Å². The Morgan fingerprint density at radius 3 is 2.63 bits per heavy atom. The molecule has 2 aromatic carbocycles. The highest BCUT2D eigenvalue weighted by Gasteiger charge is 2.16. The molecule has 2 heterocycles. The zero-order chi connectivity index (χ0) is 20.9. The van der Waals surface area contributed by atoms with Crippen molar-refractivity contribution in [2.45, 2.75) is 19.7 Å². The fourth-order valence-corrected chi connectivity index (χ4v) is 3.24. The minimum atomic E-state index is -0.217. The van der Waals surface area contributed by atoms with E-state index < -0.39 is 0 Å². The van der Waals surface area contributed by atoms with Crippen LogP contribution in [0.5, 0.6) is 5.75 Å². The van der Waals surface area contributed by atoms with Crippen LogP contribution in [-0.2, 0) is 6.73 Å². The van der Waals surface area contributed by atoms with Gasteiger partial charge in [-0.05, 0) is 67.1 Å². The van der Waals surface area contributed by atoms with Crippen LogP contribution < -0.4 is 10.1 Å². The molecule has 0 spiro atoms. The summed E-state index contributed by atoms with van der Waals surface area (Å²) < 4.78 is 9.25. The molecule has 6 nitrogen and oxygen atoms in total. The van der Waals surface area contributed by atoms with Gasteiger partial charge >= 0.3 is 0 Å². The van der Waals surface area contributed by atoms with Gasteiger partial charge in [0, 0.05) is 29.3 Å². The Balaban J connectivity index is 1.42. The highest BCUT2D eigenvalue weighted by molar-refractivity contribution is 6.30. The molecule has 0 bridgehead atoms. The second-order valence-electron chi connectivity index (χ2n) is 6.82. The predicted octanol–water partition coefficient (Wildman–Crippen LogP) is 4.85. The molecular weight excluding hydrogens is 400 g/mol. The third kappa shape index (κ3) is 4.55. The van der Waals surface area contributed by atoms with Gasteiger partial charge in [-0.25, -0.2) is 4.68 Å². The Hall–Kier alpha value is -3.51. The summed E-state index contributed by atoms with van der Waals surface area (Å²) in [5.41, 5.74) is 2.48. The third-order valence-corrected chi connectivity index (χ3v) is 4.99. The summed E-state index contributed by atoms with van der Waals surface area (Å²) >= 11 is 5.89. The second-order valence-corrected chi connectivity index (χ2v) is 7.26. The van der Waals surface area contributed by atoms with Gasteiger partial charge in [0.1, 0.15) is 11.4 Å². The molecule has 0 saturated carbocycles. The molecule has 1 N–H and O–H groups in total. The lowest BCUT2D eigenvalue weighted by Gasteiger charge is -2.16. The maximum absolute atomic E-state index is 12.8. The van der Waals surface area contributed by atoms with Crippen molar-refractivity contribution in [1.82, 2.24) is 19.7 Å². The molecule has 1 unspecified atom stereocenters. The van der Waals surface area contributed by atoms with Crippen LogP contribution in [0.4, 0.5) is 0 Å². The molecule has 0 radical (unpaired) electrons. The molecule has 1 atom stereocenters. The van der Waals surface area contributed by atoms with E-state index in [1.54, 1.807) is 36.5 Å². The fourth-order valence-electron chi connectivity index (χ4n) is 3.11. The Bertz CT molecular complexity index is 1120. The van der Waals surface area contributed by atoms with Crippen LogP contribution in [0.25, 0.3) is 5.69 Å². The predicted molar refractivity (Wildman–Crippen MR) is 116 cm³/mol. The Morgan fingerprint density at radius 2 is 1.87 bits per heavy atom. The highest BCUT2D eigenvalue weighted by atomic mass is 35.5. The number of nitrogens with zero attached hydrogens (tertiary/aromatic N) is 3. The largest absolute Gasteiger partial charge is 0.471 e. The Morgan fingerprint density at radius 1 is 1.10 bits per heavy atom. The number of rotatable bonds is 7. The van der Waals surface area contributed by atoms with E-state index in [0.29, 0.717) is 16.5 Å². The number of carbonyl (C=O) groups excluding carboxylic acids is 1. The average Bonchev–Trinajstić information content (AvgIpc) is 3.45. The molecule has 4 rings (SSSR count). The highest BCUT2D eigenvalue weighted by Crippen LogP contribution is 2.19. The van der Waals surface area contributed by atoms with E-state index in [4.69, 9.17) is 16.3 Å². The summed E-state index contributed by atoms with van der Waals surface area (Å²) in [7, 11) is 0. The molecule has 152 valence electrons. The van der Waals surface area contributed by atoms with E-state index in [0.717, 1.165) is 11.3 Å². The smallest absolute Gasteiger partial charge is 0.270 e. The first-order valence-corrected chi connectivity index (χ1v) is 9.92. The number of hydrogen-bond donors (Lipinski definition) is 1. The number of benzene rings is 2.